The normalized spacial score (nSPS) is 17.7. The van der Waals surface area contributed by atoms with Gasteiger partial charge in [-0.15, -0.1) is 0 Å². The van der Waals surface area contributed by atoms with Crippen LogP contribution in [0.2, 0.25) is 0 Å². The average Bonchev–Trinajstić information content (AvgIpc) is 2.89. The molecule has 0 radical (unpaired) electrons. The fraction of sp³-hybridized carbons (Fsp3) is 0.400. The van der Waals surface area contributed by atoms with Gasteiger partial charge in [0.2, 0.25) is 0 Å². The zero-order chi connectivity index (χ0) is 13.4. The summed E-state index contributed by atoms with van der Waals surface area (Å²) in [6.07, 6.45) is 4.45. The van der Waals surface area contributed by atoms with Gasteiger partial charge in [0.25, 0.3) is 0 Å². The lowest BCUT2D eigenvalue weighted by Crippen LogP contribution is -2.18. The smallest absolute Gasteiger partial charge is 0.0638 e. The fourth-order valence-corrected chi connectivity index (χ4v) is 3.26. The molecule has 1 aromatic heterocycles. The molecule has 1 N–H and O–H groups in total. The largest absolute Gasteiger partial charge is 0.306 e. The molecule has 0 saturated heterocycles. The van der Waals surface area contributed by atoms with E-state index in [9.17, 15) is 0 Å². The predicted octanol–water partition coefficient (Wildman–Crippen LogP) is 3.27. The van der Waals surface area contributed by atoms with Crippen LogP contribution in [0.3, 0.4) is 0 Å². The zero-order valence-electron chi connectivity index (χ0n) is 11.3. The summed E-state index contributed by atoms with van der Waals surface area (Å²) < 4.78 is 3.06. The molecule has 1 aromatic carbocycles. The van der Waals surface area contributed by atoms with E-state index in [1.54, 1.807) is 0 Å². The number of hydrogen-bond acceptors (Lipinski definition) is 2. The summed E-state index contributed by atoms with van der Waals surface area (Å²) in [5, 5.41) is 8.04. The molecular formula is C15H18BrN3. The van der Waals surface area contributed by atoms with E-state index in [1.807, 2.05) is 11.7 Å². The Bertz CT molecular complexity index is 603. The monoisotopic (exact) mass is 319 g/mol. The fourth-order valence-electron chi connectivity index (χ4n) is 2.85. The molecule has 3 nitrogen and oxygen atoms in total. The van der Waals surface area contributed by atoms with Gasteiger partial charge >= 0.3 is 0 Å². The molecule has 100 valence electrons. The number of halogens is 1. The molecule has 4 heteroatoms. The highest BCUT2D eigenvalue weighted by atomic mass is 79.9. The van der Waals surface area contributed by atoms with Gasteiger partial charge in [0, 0.05) is 35.9 Å². The molecule has 2 aromatic rings. The summed E-state index contributed by atoms with van der Waals surface area (Å²) in [6, 6.07) is 7.09. The van der Waals surface area contributed by atoms with Crippen molar-refractivity contribution in [3.05, 3.63) is 51.3 Å². The van der Waals surface area contributed by atoms with Crippen LogP contribution in [0.15, 0.2) is 28.9 Å². The number of aromatic nitrogens is 2. The van der Waals surface area contributed by atoms with E-state index in [1.165, 1.54) is 34.0 Å². The molecule has 1 heterocycles. The molecule has 19 heavy (non-hydrogen) atoms. The highest BCUT2D eigenvalue weighted by Crippen LogP contribution is 2.33. The van der Waals surface area contributed by atoms with Crippen molar-refractivity contribution >= 4 is 15.9 Å². The molecule has 3 rings (SSSR count). The summed E-state index contributed by atoms with van der Waals surface area (Å²) in [4.78, 5) is 0. The number of benzene rings is 1. The Morgan fingerprint density at radius 1 is 1.47 bits per heavy atom. The van der Waals surface area contributed by atoms with E-state index >= 15 is 0 Å². The third-order valence-electron chi connectivity index (χ3n) is 3.84. The van der Waals surface area contributed by atoms with E-state index < -0.39 is 0 Å². The maximum Gasteiger partial charge on any atom is 0.0638 e. The number of rotatable bonds is 3. The van der Waals surface area contributed by atoms with Crippen molar-refractivity contribution in [2.45, 2.75) is 32.4 Å². The van der Waals surface area contributed by atoms with Crippen LogP contribution in [0.1, 0.15) is 34.8 Å². The number of hydrogen-bond donors (Lipinski definition) is 1. The molecule has 0 aliphatic heterocycles. The van der Waals surface area contributed by atoms with E-state index in [0.717, 1.165) is 12.2 Å². The van der Waals surface area contributed by atoms with Crippen molar-refractivity contribution in [2.75, 3.05) is 0 Å². The van der Waals surface area contributed by atoms with Gasteiger partial charge in [-0.3, -0.25) is 4.68 Å². The Kier molecular flexibility index (Phi) is 3.46. The van der Waals surface area contributed by atoms with E-state index in [2.05, 4.69) is 57.7 Å². The number of nitrogens with zero attached hydrogens (tertiary/aromatic N) is 2. The Balaban J connectivity index is 1.71. The molecule has 1 aliphatic rings. The predicted molar refractivity (Wildman–Crippen MR) is 80.0 cm³/mol. The minimum atomic E-state index is 0.475. The molecule has 1 aliphatic carbocycles. The lowest BCUT2D eigenvalue weighted by molar-refractivity contribution is 0.529. The van der Waals surface area contributed by atoms with E-state index in [0.29, 0.717) is 6.04 Å². The van der Waals surface area contributed by atoms with Crippen molar-refractivity contribution in [2.24, 2.45) is 7.05 Å². The first-order chi connectivity index (χ1) is 9.13. The van der Waals surface area contributed by atoms with Crippen molar-refractivity contribution in [1.82, 2.24) is 15.1 Å². The van der Waals surface area contributed by atoms with Gasteiger partial charge in [0.1, 0.15) is 0 Å². The second kappa shape index (κ2) is 5.10. The molecule has 1 unspecified atom stereocenters. The third kappa shape index (κ3) is 2.60. The van der Waals surface area contributed by atoms with Crippen LogP contribution in [0, 0.1) is 6.92 Å². The Hall–Kier alpha value is -1.13. The van der Waals surface area contributed by atoms with Gasteiger partial charge in [0.05, 0.1) is 5.69 Å². The molecule has 0 spiro atoms. The van der Waals surface area contributed by atoms with Gasteiger partial charge in [-0.25, -0.2) is 0 Å². The Labute approximate surface area is 122 Å². The van der Waals surface area contributed by atoms with Crippen LogP contribution in [-0.2, 0) is 20.0 Å². The van der Waals surface area contributed by atoms with Crippen molar-refractivity contribution in [3.8, 4) is 0 Å². The minimum absolute atomic E-state index is 0.475. The van der Waals surface area contributed by atoms with Gasteiger partial charge in [0.15, 0.2) is 0 Å². The van der Waals surface area contributed by atoms with Crippen LogP contribution in [0.25, 0.3) is 0 Å². The summed E-state index contributed by atoms with van der Waals surface area (Å²) in [6.45, 7) is 2.95. The van der Waals surface area contributed by atoms with Crippen molar-refractivity contribution < 1.29 is 0 Å². The van der Waals surface area contributed by atoms with Crippen LogP contribution in [-0.4, -0.2) is 9.78 Å². The quantitative estimate of drug-likeness (QED) is 0.941. The van der Waals surface area contributed by atoms with Crippen molar-refractivity contribution in [1.29, 1.82) is 0 Å². The lowest BCUT2D eigenvalue weighted by atomic mass is 10.1. The summed E-state index contributed by atoms with van der Waals surface area (Å²) in [5.74, 6) is 0. The third-order valence-corrected chi connectivity index (χ3v) is 4.33. The summed E-state index contributed by atoms with van der Waals surface area (Å²) in [5.41, 5.74) is 5.32. The first-order valence-corrected chi connectivity index (χ1v) is 7.43. The van der Waals surface area contributed by atoms with Gasteiger partial charge in [-0.05, 0) is 43.0 Å². The standard InChI is InChI=1S/C15H18BrN3/c1-10-12(9-19(2)18-10)8-17-15-6-3-11-7-13(16)4-5-14(11)15/h4-5,7,9,15,17H,3,6,8H2,1-2H3. The number of fused-ring (bicyclic) bond motifs is 1. The summed E-state index contributed by atoms with van der Waals surface area (Å²) >= 11 is 3.54. The molecular weight excluding hydrogens is 302 g/mol. The molecule has 0 bridgehead atoms. The zero-order valence-corrected chi connectivity index (χ0v) is 12.9. The highest BCUT2D eigenvalue weighted by molar-refractivity contribution is 9.10. The van der Waals surface area contributed by atoms with Crippen molar-refractivity contribution in [3.63, 3.8) is 0 Å². The molecule has 0 amide bonds. The van der Waals surface area contributed by atoms with Crippen LogP contribution in [0.4, 0.5) is 0 Å². The van der Waals surface area contributed by atoms with Gasteiger partial charge < -0.3 is 5.32 Å². The maximum absolute atomic E-state index is 4.38. The SMILES string of the molecule is Cc1nn(C)cc1CNC1CCc2cc(Br)ccc21. The highest BCUT2D eigenvalue weighted by Gasteiger charge is 2.22. The first-order valence-electron chi connectivity index (χ1n) is 6.64. The second-order valence-corrected chi connectivity index (χ2v) is 6.14. The Morgan fingerprint density at radius 3 is 3.05 bits per heavy atom. The number of aryl methyl sites for hydroxylation is 3. The van der Waals surface area contributed by atoms with Crippen LogP contribution >= 0.6 is 15.9 Å². The number of nitrogens with one attached hydrogen (secondary N) is 1. The van der Waals surface area contributed by atoms with Gasteiger partial charge in [-0.1, -0.05) is 22.0 Å². The van der Waals surface area contributed by atoms with E-state index in [4.69, 9.17) is 0 Å². The second-order valence-electron chi connectivity index (χ2n) is 5.23. The van der Waals surface area contributed by atoms with E-state index in [-0.39, 0.29) is 0 Å². The minimum Gasteiger partial charge on any atom is -0.306 e. The van der Waals surface area contributed by atoms with Crippen LogP contribution in [0.5, 0.6) is 0 Å². The Morgan fingerprint density at radius 2 is 2.32 bits per heavy atom. The maximum atomic E-state index is 4.38. The average molecular weight is 320 g/mol. The summed E-state index contributed by atoms with van der Waals surface area (Å²) in [7, 11) is 1.97. The molecule has 0 saturated carbocycles. The van der Waals surface area contributed by atoms with Crippen LogP contribution < -0.4 is 5.32 Å². The topological polar surface area (TPSA) is 29.9 Å². The molecule has 0 fully saturated rings. The van der Waals surface area contributed by atoms with Gasteiger partial charge in [-0.2, -0.15) is 5.10 Å². The first kappa shape index (κ1) is 12.9. The lowest BCUT2D eigenvalue weighted by Gasteiger charge is -2.13. The molecule has 1 atom stereocenters.